The van der Waals surface area contributed by atoms with Crippen LogP contribution in [-0.2, 0) is 0 Å². The zero-order chi connectivity index (χ0) is 12.6. The molecule has 0 spiro atoms. The molecule has 1 saturated heterocycles. The summed E-state index contributed by atoms with van der Waals surface area (Å²) in [5.74, 6) is 1.00. The largest absolute Gasteiger partial charge is 0.294 e. The molecule has 1 saturated carbocycles. The van der Waals surface area contributed by atoms with Gasteiger partial charge in [0.1, 0.15) is 0 Å². The second-order valence-electron chi connectivity index (χ2n) is 7.61. The van der Waals surface area contributed by atoms with E-state index in [2.05, 4.69) is 39.5 Å². The lowest BCUT2D eigenvalue weighted by Gasteiger charge is -2.54. The molecule has 3 unspecified atom stereocenters. The molecule has 1 aliphatic carbocycles. The minimum Gasteiger partial charge on any atom is -0.294 e. The van der Waals surface area contributed by atoms with Crippen LogP contribution in [0.25, 0.3) is 0 Å². The fourth-order valence-electron chi connectivity index (χ4n) is 4.29. The Hall–Kier alpha value is -0.0400. The molecule has 0 aromatic rings. The molecule has 3 atom stereocenters. The van der Waals surface area contributed by atoms with Gasteiger partial charge in [0.05, 0.1) is 0 Å². The maximum Gasteiger partial charge on any atom is 0.0150 e. The average Bonchev–Trinajstić information content (AvgIpc) is 2.26. The Labute approximate surface area is 108 Å². The number of piperidine rings is 1. The Morgan fingerprint density at radius 3 is 2.18 bits per heavy atom. The lowest BCUT2D eigenvalue weighted by atomic mass is 9.70. The van der Waals surface area contributed by atoms with E-state index < -0.39 is 0 Å². The van der Waals surface area contributed by atoms with Crippen LogP contribution < -0.4 is 0 Å². The molecule has 1 nitrogen and oxygen atoms in total. The highest BCUT2D eigenvalue weighted by molar-refractivity contribution is 4.97. The Kier molecular flexibility index (Phi) is 3.87. The second kappa shape index (κ2) is 4.91. The molecule has 1 aliphatic heterocycles. The first-order chi connectivity index (χ1) is 7.91. The summed E-state index contributed by atoms with van der Waals surface area (Å²) < 4.78 is 0. The molecule has 1 heterocycles. The highest BCUT2D eigenvalue weighted by Gasteiger charge is 2.43. The second-order valence-corrected chi connectivity index (χ2v) is 7.61. The highest BCUT2D eigenvalue weighted by atomic mass is 15.2. The van der Waals surface area contributed by atoms with Gasteiger partial charge in [-0.1, -0.05) is 33.6 Å². The molecular weight excluding hydrogens is 206 g/mol. The summed E-state index contributed by atoms with van der Waals surface area (Å²) in [4.78, 5) is 2.88. The fraction of sp³-hybridized carbons (Fsp3) is 1.00. The van der Waals surface area contributed by atoms with Crippen LogP contribution in [0.5, 0.6) is 0 Å². The molecule has 1 heteroatoms. The Balaban J connectivity index is 2.19. The average molecular weight is 237 g/mol. The summed E-state index contributed by atoms with van der Waals surface area (Å²) in [5.41, 5.74) is 0.437. The lowest BCUT2D eigenvalue weighted by molar-refractivity contribution is -0.0488. The van der Waals surface area contributed by atoms with E-state index in [4.69, 9.17) is 0 Å². The van der Waals surface area contributed by atoms with Gasteiger partial charge >= 0.3 is 0 Å². The van der Waals surface area contributed by atoms with Gasteiger partial charge in [-0.05, 0) is 50.9 Å². The zero-order valence-electron chi connectivity index (χ0n) is 12.5. The van der Waals surface area contributed by atoms with Gasteiger partial charge in [-0.2, -0.15) is 0 Å². The van der Waals surface area contributed by atoms with Gasteiger partial charge in [0.2, 0.25) is 0 Å². The van der Waals surface area contributed by atoms with Crippen molar-refractivity contribution in [1.82, 2.24) is 4.90 Å². The Morgan fingerprint density at radius 2 is 1.59 bits per heavy atom. The number of rotatable bonds is 1. The SMILES string of the molecule is CC(C)N1C2CCCCC2CCC1C(C)(C)C. The van der Waals surface area contributed by atoms with Crippen molar-refractivity contribution in [3.63, 3.8) is 0 Å². The fourth-order valence-corrected chi connectivity index (χ4v) is 4.29. The van der Waals surface area contributed by atoms with Gasteiger partial charge in [-0.3, -0.25) is 4.90 Å². The smallest absolute Gasteiger partial charge is 0.0150 e. The minimum atomic E-state index is 0.437. The summed E-state index contributed by atoms with van der Waals surface area (Å²) >= 11 is 0. The normalized spacial score (nSPS) is 36.0. The predicted octanol–water partition coefficient (Wildman–Crippen LogP) is 4.46. The van der Waals surface area contributed by atoms with E-state index in [1.54, 1.807) is 0 Å². The van der Waals surface area contributed by atoms with E-state index in [-0.39, 0.29) is 0 Å². The van der Waals surface area contributed by atoms with E-state index in [1.165, 1.54) is 38.5 Å². The van der Waals surface area contributed by atoms with Crippen molar-refractivity contribution >= 4 is 0 Å². The third kappa shape index (κ3) is 2.70. The lowest BCUT2D eigenvalue weighted by Crippen LogP contribution is -2.58. The van der Waals surface area contributed by atoms with Gasteiger partial charge in [-0.25, -0.2) is 0 Å². The first-order valence-corrected chi connectivity index (χ1v) is 7.68. The maximum absolute atomic E-state index is 2.88. The van der Waals surface area contributed by atoms with Gasteiger partial charge < -0.3 is 0 Å². The van der Waals surface area contributed by atoms with Crippen molar-refractivity contribution in [2.75, 3.05) is 0 Å². The maximum atomic E-state index is 2.88. The molecule has 2 fully saturated rings. The van der Waals surface area contributed by atoms with Crippen LogP contribution in [0.2, 0.25) is 0 Å². The van der Waals surface area contributed by atoms with E-state index in [9.17, 15) is 0 Å². The van der Waals surface area contributed by atoms with Gasteiger partial charge in [0.25, 0.3) is 0 Å². The monoisotopic (exact) mass is 237 g/mol. The molecule has 0 aromatic heterocycles. The van der Waals surface area contributed by atoms with Crippen LogP contribution in [0, 0.1) is 11.3 Å². The van der Waals surface area contributed by atoms with E-state index >= 15 is 0 Å². The van der Waals surface area contributed by atoms with Crippen molar-refractivity contribution in [2.24, 2.45) is 11.3 Å². The van der Waals surface area contributed by atoms with Crippen molar-refractivity contribution in [2.45, 2.75) is 91.3 Å². The van der Waals surface area contributed by atoms with Crippen LogP contribution in [0.3, 0.4) is 0 Å². The van der Waals surface area contributed by atoms with E-state index in [1.807, 2.05) is 0 Å². The van der Waals surface area contributed by atoms with E-state index in [0.29, 0.717) is 11.5 Å². The van der Waals surface area contributed by atoms with Crippen LogP contribution in [0.1, 0.15) is 73.1 Å². The Morgan fingerprint density at radius 1 is 0.941 bits per heavy atom. The van der Waals surface area contributed by atoms with Crippen molar-refractivity contribution < 1.29 is 0 Å². The molecule has 100 valence electrons. The summed E-state index contributed by atoms with van der Waals surface area (Å²) in [7, 11) is 0. The molecule has 0 bridgehead atoms. The molecule has 0 amide bonds. The van der Waals surface area contributed by atoms with Gasteiger partial charge in [-0.15, -0.1) is 0 Å². The van der Waals surface area contributed by atoms with Crippen LogP contribution in [-0.4, -0.2) is 23.0 Å². The number of hydrogen-bond acceptors (Lipinski definition) is 1. The minimum absolute atomic E-state index is 0.437. The van der Waals surface area contributed by atoms with Gasteiger partial charge in [0, 0.05) is 18.1 Å². The number of likely N-dealkylation sites (tertiary alicyclic amines) is 1. The van der Waals surface area contributed by atoms with E-state index in [0.717, 1.165) is 18.0 Å². The quantitative estimate of drug-likeness (QED) is 0.650. The van der Waals surface area contributed by atoms with Crippen molar-refractivity contribution in [3.05, 3.63) is 0 Å². The predicted molar refractivity (Wildman–Crippen MR) is 75.2 cm³/mol. The van der Waals surface area contributed by atoms with Crippen molar-refractivity contribution in [3.8, 4) is 0 Å². The molecule has 0 radical (unpaired) electrons. The Bertz CT molecular complexity index is 251. The number of fused-ring (bicyclic) bond motifs is 1. The summed E-state index contributed by atoms with van der Waals surface area (Å²) in [6.07, 6.45) is 8.79. The molecule has 0 N–H and O–H groups in total. The molecule has 2 aliphatic rings. The summed E-state index contributed by atoms with van der Waals surface area (Å²) in [6, 6.07) is 2.40. The van der Waals surface area contributed by atoms with Crippen LogP contribution in [0.4, 0.5) is 0 Å². The number of nitrogens with zero attached hydrogens (tertiary/aromatic N) is 1. The highest BCUT2D eigenvalue weighted by Crippen LogP contribution is 2.43. The third-order valence-corrected chi connectivity index (χ3v) is 5.02. The first kappa shape index (κ1) is 13.4. The summed E-state index contributed by atoms with van der Waals surface area (Å²) in [6.45, 7) is 12.1. The number of hydrogen-bond donors (Lipinski definition) is 0. The standard InChI is InChI=1S/C16H31N/c1-12(2)17-14-9-7-6-8-13(14)10-11-15(17)16(3,4)5/h12-15H,6-11H2,1-5H3. The summed E-state index contributed by atoms with van der Waals surface area (Å²) in [5, 5.41) is 0. The first-order valence-electron chi connectivity index (χ1n) is 7.68. The van der Waals surface area contributed by atoms with Crippen LogP contribution >= 0.6 is 0 Å². The molecule has 0 aromatic carbocycles. The molecule has 2 rings (SSSR count). The van der Waals surface area contributed by atoms with Gasteiger partial charge in [0.15, 0.2) is 0 Å². The third-order valence-electron chi connectivity index (χ3n) is 5.02. The van der Waals surface area contributed by atoms with Crippen molar-refractivity contribution in [1.29, 1.82) is 0 Å². The molecular formula is C16H31N. The van der Waals surface area contributed by atoms with Crippen LogP contribution in [0.15, 0.2) is 0 Å². The topological polar surface area (TPSA) is 3.24 Å². The zero-order valence-corrected chi connectivity index (χ0v) is 12.5. The molecule has 17 heavy (non-hydrogen) atoms.